The SMILES string of the molecule is O=C(CC[n+]1ccc(-c2snc3ccccc23)cc1)OC(=O)C(F)(F)F. The number of nitrogens with zero attached hydrogens (tertiary/aromatic N) is 2. The van der Waals surface area contributed by atoms with Gasteiger partial charge in [-0.2, -0.15) is 17.5 Å². The summed E-state index contributed by atoms with van der Waals surface area (Å²) in [5.41, 5.74) is 1.84. The van der Waals surface area contributed by atoms with E-state index in [9.17, 15) is 22.8 Å². The molecule has 0 unspecified atom stereocenters. The van der Waals surface area contributed by atoms with Crippen molar-refractivity contribution in [2.45, 2.75) is 19.1 Å². The van der Waals surface area contributed by atoms with Crippen molar-refractivity contribution in [2.75, 3.05) is 0 Å². The number of ether oxygens (including phenoxy) is 1. The van der Waals surface area contributed by atoms with E-state index in [2.05, 4.69) is 9.11 Å². The second-order valence-electron chi connectivity index (χ2n) is 5.36. The Morgan fingerprint density at radius 2 is 1.81 bits per heavy atom. The molecule has 0 spiro atoms. The van der Waals surface area contributed by atoms with Crippen LogP contribution in [0.2, 0.25) is 0 Å². The first-order chi connectivity index (χ1) is 12.3. The summed E-state index contributed by atoms with van der Waals surface area (Å²) >= 11 is 1.37. The quantitative estimate of drug-likeness (QED) is 0.395. The molecule has 2 aromatic heterocycles. The predicted molar refractivity (Wildman–Crippen MR) is 87.0 cm³/mol. The number of hydrogen-bond acceptors (Lipinski definition) is 5. The van der Waals surface area contributed by atoms with Crippen molar-refractivity contribution in [3.05, 3.63) is 48.8 Å². The average Bonchev–Trinajstić information content (AvgIpc) is 3.04. The molecule has 3 rings (SSSR count). The van der Waals surface area contributed by atoms with Crippen molar-refractivity contribution in [3.8, 4) is 10.4 Å². The highest BCUT2D eigenvalue weighted by Crippen LogP contribution is 2.31. The van der Waals surface area contributed by atoms with E-state index in [1.807, 2.05) is 36.4 Å². The molecule has 0 aliphatic rings. The van der Waals surface area contributed by atoms with Gasteiger partial charge in [0.25, 0.3) is 0 Å². The van der Waals surface area contributed by atoms with E-state index < -0.39 is 18.1 Å². The summed E-state index contributed by atoms with van der Waals surface area (Å²) in [7, 11) is 0. The van der Waals surface area contributed by atoms with Crippen LogP contribution in [0.5, 0.6) is 0 Å². The molecule has 0 atom stereocenters. The first-order valence-electron chi connectivity index (χ1n) is 7.50. The fourth-order valence-corrected chi connectivity index (χ4v) is 3.15. The van der Waals surface area contributed by atoms with Gasteiger partial charge in [-0.3, -0.25) is 4.79 Å². The summed E-state index contributed by atoms with van der Waals surface area (Å²) in [5, 5.41) is 1.03. The second-order valence-corrected chi connectivity index (χ2v) is 6.14. The first kappa shape index (κ1) is 18.0. The van der Waals surface area contributed by atoms with Gasteiger partial charge in [0, 0.05) is 23.1 Å². The Kier molecular flexibility index (Phi) is 4.99. The zero-order chi connectivity index (χ0) is 18.7. The van der Waals surface area contributed by atoms with Crippen LogP contribution in [0.15, 0.2) is 48.8 Å². The van der Waals surface area contributed by atoms with Gasteiger partial charge in [-0.25, -0.2) is 9.36 Å². The minimum Gasteiger partial charge on any atom is -0.386 e. The van der Waals surface area contributed by atoms with Gasteiger partial charge in [-0.05, 0) is 17.6 Å². The lowest BCUT2D eigenvalue weighted by Crippen LogP contribution is -2.35. The molecule has 0 saturated heterocycles. The van der Waals surface area contributed by atoms with Crippen LogP contribution in [-0.4, -0.2) is 22.5 Å². The van der Waals surface area contributed by atoms with Crippen LogP contribution in [0.3, 0.4) is 0 Å². The van der Waals surface area contributed by atoms with E-state index in [0.717, 1.165) is 21.3 Å². The van der Waals surface area contributed by atoms with E-state index in [-0.39, 0.29) is 13.0 Å². The molecule has 9 heteroatoms. The summed E-state index contributed by atoms with van der Waals surface area (Å²) in [4.78, 5) is 22.9. The van der Waals surface area contributed by atoms with Gasteiger partial charge in [0.15, 0.2) is 18.9 Å². The maximum Gasteiger partial charge on any atom is 0.491 e. The Balaban J connectivity index is 1.63. The van der Waals surface area contributed by atoms with Gasteiger partial charge in [0.05, 0.1) is 10.4 Å². The average molecular weight is 381 g/mol. The standard InChI is InChI=1S/C17H12F3N2O3S/c18-17(19,20)16(24)25-14(23)7-10-22-8-5-11(6-9-22)15-12-3-1-2-4-13(12)21-26-15/h1-6,8-9H,7,10H2/q+1. The third-order valence-corrected chi connectivity index (χ3v) is 4.48. The van der Waals surface area contributed by atoms with Crippen LogP contribution in [0, 0.1) is 0 Å². The molecule has 0 bridgehead atoms. The molecule has 2 heterocycles. The number of benzene rings is 1. The number of carbonyl (C=O) groups is 2. The Bertz CT molecular complexity index is 952. The van der Waals surface area contributed by atoms with Crippen LogP contribution in [0.1, 0.15) is 6.42 Å². The Morgan fingerprint density at radius 1 is 1.12 bits per heavy atom. The molecule has 1 aromatic carbocycles. The minimum atomic E-state index is -5.18. The summed E-state index contributed by atoms with van der Waals surface area (Å²) in [6.45, 7) is 0.0910. The van der Waals surface area contributed by atoms with Crippen molar-refractivity contribution < 1.29 is 32.1 Å². The number of fused-ring (bicyclic) bond motifs is 1. The van der Waals surface area contributed by atoms with Crippen molar-refractivity contribution >= 4 is 34.4 Å². The van der Waals surface area contributed by atoms with E-state index in [0.29, 0.717) is 0 Å². The topological polar surface area (TPSA) is 60.1 Å². The minimum absolute atomic E-state index is 0.0910. The van der Waals surface area contributed by atoms with Gasteiger partial charge >= 0.3 is 18.1 Å². The van der Waals surface area contributed by atoms with Crippen LogP contribution >= 0.6 is 11.5 Å². The fraction of sp³-hybridized carbons (Fsp3) is 0.176. The smallest absolute Gasteiger partial charge is 0.386 e. The number of aryl methyl sites for hydroxylation is 1. The molecule has 0 saturated carbocycles. The largest absolute Gasteiger partial charge is 0.491 e. The molecule has 0 amide bonds. The maximum atomic E-state index is 12.0. The molecule has 0 radical (unpaired) electrons. The van der Waals surface area contributed by atoms with Gasteiger partial charge in [0.1, 0.15) is 6.42 Å². The lowest BCUT2D eigenvalue weighted by atomic mass is 10.1. The molecule has 0 aliphatic carbocycles. The fourth-order valence-electron chi connectivity index (χ4n) is 2.29. The summed E-state index contributed by atoms with van der Waals surface area (Å²) < 4.78 is 45.8. The van der Waals surface area contributed by atoms with E-state index in [1.54, 1.807) is 17.0 Å². The molecule has 26 heavy (non-hydrogen) atoms. The van der Waals surface area contributed by atoms with Crippen LogP contribution in [0.25, 0.3) is 21.3 Å². The zero-order valence-electron chi connectivity index (χ0n) is 13.2. The third-order valence-electron chi connectivity index (χ3n) is 3.55. The Morgan fingerprint density at radius 3 is 2.50 bits per heavy atom. The highest BCUT2D eigenvalue weighted by Gasteiger charge is 2.42. The highest BCUT2D eigenvalue weighted by atomic mass is 32.1. The number of carbonyl (C=O) groups excluding carboxylic acids is 2. The maximum absolute atomic E-state index is 12.0. The van der Waals surface area contributed by atoms with Crippen molar-refractivity contribution in [3.63, 3.8) is 0 Å². The molecule has 0 aliphatic heterocycles. The molecular formula is C17H12F3N2O3S+. The lowest BCUT2D eigenvalue weighted by Gasteiger charge is -2.04. The van der Waals surface area contributed by atoms with Crippen LogP contribution < -0.4 is 4.57 Å². The highest BCUT2D eigenvalue weighted by molar-refractivity contribution is 7.11. The molecule has 3 aromatic rings. The molecule has 134 valence electrons. The number of pyridine rings is 1. The number of halogens is 3. The van der Waals surface area contributed by atoms with Gasteiger partial charge in [0.2, 0.25) is 0 Å². The summed E-state index contributed by atoms with van der Waals surface area (Å²) in [6, 6.07) is 11.4. The van der Waals surface area contributed by atoms with Crippen molar-refractivity contribution in [2.24, 2.45) is 0 Å². The van der Waals surface area contributed by atoms with Crippen LogP contribution in [-0.2, 0) is 20.9 Å². The molecule has 0 fully saturated rings. The molecule has 0 N–H and O–H groups in total. The number of esters is 2. The van der Waals surface area contributed by atoms with Gasteiger partial charge in [-0.15, -0.1) is 0 Å². The predicted octanol–water partition coefficient (Wildman–Crippen LogP) is 3.27. The van der Waals surface area contributed by atoms with E-state index in [1.165, 1.54) is 11.5 Å². The van der Waals surface area contributed by atoms with Crippen molar-refractivity contribution in [1.29, 1.82) is 0 Å². The monoisotopic (exact) mass is 381 g/mol. The Labute approximate surface area is 149 Å². The van der Waals surface area contributed by atoms with Gasteiger partial charge < -0.3 is 4.74 Å². The van der Waals surface area contributed by atoms with E-state index in [4.69, 9.17) is 0 Å². The third kappa shape index (κ3) is 4.05. The normalized spacial score (nSPS) is 11.5. The lowest BCUT2D eigenvalue weighted by molar-refractivity contribution is -0.695. The summed E-state index contributed by atoms with van der Waals surface area (Å²) in [5.74, 6) is -3.72. The second kappa shape index (κ2) is 7.20. The summed E-state index contributed by atoms with van der Waals surface area (Å²) in [6.07, 6.45) is -2.14. The molecular weight excluding hydrogens is 369 g/mol. The Hall–Kier alpha value is -2.81. The number of hydrogen-bond donors (Lipinski definition) is 0. The zero-order valence-corrected chi connectivity index (χ0v) is 14.0. The molecule has 5 nitrogen and oxygen atoms in total. The first-order valence-corrected chi connectivity index (χ1v) is 8.27. The number of rotatable bonds is 4. The van der Waals surface area contributed by atoms with Gasteiger partial charge in [-0.1, -0.05) is 18.2 Å². The van der Waals surface area contributed by atoms with E-state index >= 15 is 0 Å². The van der Waals surface area contributed by atoms with Crippen molar-refractivity contribution in [1.82, 2.24) is 4.37 Å². The number of aromatic nitrogens is 2. The number of alkyl halides is 3. The van der Waals surface area contributed by atoms with Crippen LogP contribution in [0.4, 0.5) is 13.2 Å².